The number of para-hydroxylation sites is 1. The third-order valence-electron chi connectivity index (χ3n) is 7.48. The third kappa shape index (κ3) is 8.07. The number of carbonyl (C=O) groups excluding carboxylic acids is 4. The molecule has 1 heterocycles. The van der Waals surface area contributed by atoms with Crippen LogP contribution in [0.15, 0.2) is 150 Å². The molecule has 1 atom stereocenters. The number of benzene rings is 5. The number of ether oxygens (including phenoxy) is 1. The molecule has 5 aromatic carbocycles. The van der Waals surface area contributed by atoms with Crippen LogP contribution in [0.1, 0.15) is 27.9 Å². The molecule has 6 rings (SSSR count). The van der Waals surface area contributed by atoms with Crippen LogP contribution in [0.3, 0.4) is 0 Å². The molecule has 9 heteroatoms. The molecule has 1 aliphatic rings. The molecule has 0 bridgehead atoms. The number of imide groups is 1. The van der Waals surface area contributed by atoms with E-state index in [1.165, 1.54) is 16.7 Å². The van der Waals surface area contributed by atoms with E-state index in [4.69, 9.17) is 4.74 Å². The van der Waals surface area contributed by atoms with Gasteiger partial charge in [-0.25, -0.2) is 4.90 Å². The van der Waals surface area contributed by atoms with Gasteiger partial charge in [-0.3, -0.25) is 19.2 Å². The smallest absolute Gasteiger partial charge is 0.272 e. The lowest BCUT2D eigenvalue weighted by atomic mass is 10.1. The van der Waals surface area contributed by atoms with E-state index in [-0.39, 0.29) is 23.9 Å². The van der Waals surface area contributed by atoms with Gasteiger partial charge in [-0.2, -0.15) is 0 Å². The Morgan fingerprint density at radius 2 is 1.40 bits per heavy atom. The van der Waals surface area contributed by atoms with E-state index in [2.05, 4.69) is 10.6 Å². The summed E-state index contributed by atoms with van der Waals surface area (Å²) in [4.78, 5) is 54.2. The topological polar surface area (TPSA) is 105 Å². The minimum absolute atomic E-state index is 0.0522. The van der Waals surface area contributed by atoms with Crippen molar-refractivity contribution >= 4 is 52.8 Å². The molecule has 238 valence electrons. The van der Waals surface area contributed by atoms with Crippen LogP contribution in [0, 0.1) is 0 Å². The summed E-state index contributed by atoms with van der Waals surface area (Å²) in [5, 5.41) is 5.05. The number of hydrogen-bond donors (Lipinski definition) is 2. The fourth-order valence-corrected chi connectivity index (χ4v) is 6.09. The summed E-state index contributed by atoms with van der Waals surface area (Å²) in [6, 6.07) is 41.6. The SMILES string of the molecule is O=C(Nc1ccc(SC2CC(=O)N(c3ccccc3)C2=O)cc1)/C(=C/c1ccc(OCc2ccccc2)cc1)NC(=O)c1ccccc1. The highest BCUT2D eigenvalue weighted by Gasteiger charge is 2.40. The Balaban J connectivity index is 1.13. The molecule has 5 aromatic rings. The quantitative estimate of drug-likeness (QED) is 0.116. The second-order valence-electron chi connectivity index (χ2n) is 10.9. The number of amides is 4. The van der Waals surface area contributed by atoms with Gasteiger partial charge in [0.1, 0.15) is 18.1 Å². The highest BCUT2D eigenvalue weighted by Crippen LogP contribution is 2.34. The first-order chi connectivity index (χ1) is 23.4. The van der Waals surface area contributed by atoms with Crippen molar-refractivity contribution in [1.29, 1.82) is 0 Å². The predicted octanol–water partition coefficient (Wildman–Crippen LogP) is 7.10. The summed E-state index contributed by atoms with van der Waals surface area (Å²) >= 11 is 1.30. The van der Waals surface area contributed by atoms with Crippen LogP contribution in [0.5, 0.6) is 5.75 Å². The van der Waals surface area contributed by atoms with Crippen LogP contribution < -0.4 is 20.3 Å². The Hall–Kier alpha value is -5.93. The Kier molecular flexibility index (Phi) is 10.1. The van der Waals surface area contributed by atoms with Crippen LogP contribution in [0.4, 0.5) is 11.4 Å². The van der Waals surface area contributed by atoms with Gasteiger partial charge in [-0.15, -0.1) is 11.8 Å². The van der Waals surface area contributed by atoms with Crippen molar-refractivity contribution in [3.05, 3.63) is 162 Å². The summed E-state index contributed by atoms with van der Waals surface area (Å²) in [7, 11) is 0. The number of anilines is 2. The summed E-state index contributed by atoms with van der Waals surface area (Å²) in [6.07, 6.45) is 1.70. The Morgan fingerprint density at radius 3 is 2.06 bits per heavy atom. The number of hydrogen-bond acceptors (Lipinski definition) is 6. The molecule has 1 saturated heterocycles. The van der Waals surface area contributed by atoms with Crippen LogP contribution >= 0.6 is 11.8 Å². The number of carbonyl (C=O) groups is 4. The van der Waals surface area contributed by atoms with E-state index in [0.29, 0.717) is 34.9 Å². The van der Waals surface area contributed by atoms with Crippen molar-refractivity contribution < 1.29 is 23.9 Å². The molecule has 1 unspecified atom stereocenters. The van der Waals surface area contributed by atoms with E-state index >= 15 is 0 Å². The molecular formula is C39H31N3O5S. The Bertz CT molecular complexity index is 1930. The van der Waals surface area contributed by atoms with Gasteiger partial charge in [0.15, 0.2) is 0 Å². The Labute approximate surface area is 282 Å². The first kappa shape index (κ1) is 32.0. The van der Waals surface area contributed by atoms with E-state index < -0.39 is 17.1 Å². The predicted molar refractivity (Wildman–Crippen MR) is 187 cm³/mol. The standard InChI is InChI=1S/C39H31N3O5S/c43-36-25-35(39(46)42(36)31-14-8-3-9-15-31)48-33-22-18-30(19-23-33)40-38(45)34(41-37(44)29-12-6-2-7-13-29)24-27-16-20-32(21-17-27)47-26-28-10-4-1-5-11-28/h1-24,35H,25-26H2,(H,40,45)(H,41,44)/b34-24-. The molecule has 0 saturated carbocycles. The van der Waals surface area contributed by atoms with E-state index in [0.717, 1.165) is 10.5 Å². The van der Waals surface area contributed by atoms with Gasteiger partial charge in [0, 0.05) is 22.6 Å². The fraction of sp³-hybridized carbons (Fsp3) is 0.0769. The van der Waals surface area contributed by atoms with Gasteiger partial charge >= 0.3 is 0 Å². The second-order valence-corrected chi connectivity index (χ2v) is 12.2. The maximum Gasteiger partial charge on any atom is 0.272 e. The molecule has 0 aliphatic carbocycles. The molecule has 0 aromatic heterocycles. The number of rotatable bonds is 11. The van der Waals surface area contributed by atoms with Gasteiger partial charge in [-0.05, 0) is 77.9 Å². The summed E-state index contributed by atoms with van der Waals surface area (Å²) < 4.78 is 5.88. The maximum absolute atomic E-state index is 13.5. The van der Waals surface area contributed by atoms with Gasteiger partial charge in [0.05, 0.1) is 10.9 Å². The van der Waals surface area contributed by atoms with Crippen LogP contribution in [-0.4, -0.2) is 28.9 Å². The fourth-order valence-electron chi connectivity index (χ4n) is 5.03. The van der Waals surface area contributed by atoms with Crippen LogP contribution in [0.25, 0.3) is 6.08 Å². The highest BCUT2D eigenvalue weighted by atomic mass is 32.2. The van der Waals surface area contributed by atoms with E-state index in [1.54, 1.807) is 91.0 Å². The zero-order chi connectivity index (χ0) is 33.3. The van der Waals surface area contributed by atoms with Gasteiger partial charge < -0.3 is 15.4 Å². The lowest BCUT2D eigenvalue weighted by Crippen LogP contribution is -2.31. The van der Waals surface area contributed by atoms with Crippen molar-refractivity contribution in [2.45, 2.75) is 23.2 Å². The monoisotopic (exact) mass is 653 g/mol. The maximum atomic E-state index is 13.5. The molecule has 1 aliphatic heterocycles. The van der Waals surface area contributed by atoms with Crippen molar-refractivity contribution in [2.75, 3.05) is 10.2 Å². The van der Waals surface area contributed by atoms with Crippen LogP contribution in [0.2, 0.25) is 0 Å². The van der Waals surface area contributed by atoms with Gasteiger partial charge in [-0.1, -0.05) is 78.9 Å². The molecule has 8 nitrogen and oxygen atoms in total. The van der Waals surface area contributed by atoms with Gasteiger partial charge in [0.25, 0.3) is 11.8 Å². The lowest BCUT2D eigenvalue weighted by molar-refractivity contribution is -0.121. The molecular weight excluding hydrogens is 623 g/mol. The molecule has 1 fully saturated rings. The van der Waals surface area contributed by atoms with Crippen molar-refractivity contribution in [1.82, 2.24) is 5.32 Å². The third-order valence-corrected chi connectivity index (χ3v) is 8.68. The average molecular weight is 654 g/mol. The largest absolute Gasteiger partial charge is 0.489 e. The van der Waals surface area contributed by atoms with E-state index in [1.807, 2.05) is 54.6 Å². The van der Waals surface area contributed by atoms with Crippen molar-refractivity contribution in [3.8, 4) is 5.75 Å². The Morgan fingerprint density at radius 1 is 0.771 bits per heavy atom. The molecule has 48 heavy (non-hydrogen) atoms. The first-order valence-corrected chi connectivity index (χ1v) is 16.2. The van der Waals surface area contributed by atoms with Crippen molar-refractivity contribution in [2.24, 2.45) is 0 Å². The molecule has 0 spiro atoms. The van der Waals surface area contributed by atoms with Gasteiger partial charge in [0.2, 0.25) is 11.8 Å². The zero-order valence-electron chi connectivity index (χ0n) is 25.7. The summed E-state index contributed by atoms with van der Waals surface area (Å²) in [5.41, 5.74) is 3.25. The second kappa shape index (κ2) is 15.1. The highest BCUT2D eigenvalue weighted by molar-refractivity contribution is 8.00. The first-order valence-electron chi connectivity index (χ1n) is 15.3. The summed E-state index contributed by atoms with van der Waals surface area (Å²) in [6.45, 7) is 0.426. The minimum Gasteiger partial charge on any atom is -0.489 e. The van der Waals surface area contributed by atoms with Crippen LogP contribution in [-0.2, 0) is 21.0 Å². The zero-order valence-corrected chi connectivity index (χ0v) is 26.6. The lowest BCUT2D eigenvalue weighted by Gasteiger charge is -2.15. The molecule has 4 amide bonds. The average Bonchev–Trinajstić information content (AvgIpc) is 3.41. The molecule has 2 N–H and O–H groups in total. The van der Waals surface area contributed by atoms with Crippen molar-refractivity contribution in [3.63, 3.8) is 0 Å². The number of nitrogens with one attached hydrogen (secondary N) is 2. The van der Waals surface area contributed by atoms with E-state index in [9.17, 15) is 19.2 Å². The normalized spacial score (nSPS) is 14.5. The number of nitrogens with zero attached hydrogens (tertiary/aromatic N) is 1. The summed E-state index contributed by atoms with van der Waals surface area (Å²) in [5.74, 6) is -0.761. The minimum atomic E-state index is -0.545. The number of thioether (sulfide) groups is 1. The molecule has 0 radical (unpaired) electrons.